The number of carbonyl (C=O) groups is 1. The van der Waals surface area contributed by atoms with Crippen molar-refractivity contribution in [1.82, 2.24) is 15.6 Å². The van der Waals surface area contributed by atoms with Gasteiger partial charge in [0.05, 0.1) is 17.6 Å². The Morgan fingerprint density at radius 3 is 2.81 bits per heavy atom. The van der Waals surface area contributed by atoms with E-state index in [4.69, 9.17) is 0 Å². The van der Waals surface area contributed by atoms with E-state index in [1.54, 1.807) is 12.1 Å². The lowest BCUT2D eigenvalue weighted by atomic mass is 9.75. The second-order valence-electron chi connectivity index (χ2n) is 7.56. The number of rotatable bonds is 2. The lowest BCUT2D eigenvalue weighted by Crippen LogP contribution is -2.71. The van der Waals surface area contributed by atoms with Gasteiger partial charge in [-0.15, -0.1) is 0 Å². The number of phenols is 1. The van der Waals surface area contributed by atoms with E-state index in [9.17, 15) is 9.90 Å². The van der Waals surface area contributed by atoms with Gasteiger partial charge in [-0.2, -0.15) is 0 Å². The third-order valence-electron chi connectivity index (χ3n) is 5.90. The lowest BCUT2D eigenvalue weighted by molar-refractivity contribution is -0.128. The predicted octanol–water partition coefficient (Wildman–Crippen LogP) is 2.34. The number of aromatic amines is 1. The topological polar surface area (TPSA) is 77.2 Å². The summed E-state index contributed by atoms with van der Waals surface area (Å²) in [6, 6.07) is 15.3. The van der Waals surface area contributed by atoms with E-state index >= 15 is 0 Å². The monoisotopic (exact) mass is 347 g/mol. The summed E-state index contributed by atoms with van der Waals surface area (Å²) in [5, 5.41) is 17.7. The highest BCUT2D eigenvalue weighted by atomic mass is 16.3. The number of hydrogen-bond acceptors (Lipinski definition) is 3. The van der Waals surface area contributed by atoms with Crippen molar-refractivity contribution in [1.29, 1.82) is 0 Å². The van der Waals surface area contributed by atoms with Crippen molar-refractivity contribution < 1.29 is 9.90 Å². The average molecular weight is 347 g/mol. The minimum Gasteiger partial charge on any atom is -0.508 e. The Bertz CT molecular complexity index is 1010. The van der Waals surface area contributed by atoms with Gasteiger partial charge in [0.1, 0.15) is 5.75 Å². The maximum absolute atomic E-state index is 12.6. The molecule has 0 saturated carbocycles. The van der Waals surface area contributed by atoms with E-state index in [1.807, 2.05) is 24.3 Å². The van der Waals surface area contributed by atoms with Crippen LogP contribution in [0.4, 0.5) is 0 Å². The molecule has 1 unspecified atom stereocenters. The maximum Gasteiger partial charge on any atom is 0.237 e. The third-order valence-corrected chi connectivity index (χ3v) is 5.90. The molecule has 132 valence electrons. The Labute approximate surface area is 151 Å². The molecule has 1 aromatic heterocycles. The summed E-state index contributed by atoms with van der Waals surface area (Å²) in [4.78, 5) is 16.2. The Morgan fingerprint density at radius 2 is 2.00 bits per heavy atom. The normalized spacial score (nSPS) is 27.2. The highest BCUT2D eigenvalue weighted by Crippen LogP contribution is 2.40. The second kappa shape index (κ2) is 5.35. The van der Waals surface area contributed by atoms with Gasteiger partial charge < -0.3 is 15.4 Å². The zero-order valence-electron chi connectivity index (χ0n) is 14.5. The molecular weight excluding hydrogens is 326 g/mol. The molecule has 5 nitrogen and oxygen atoms in total. The Morgan fingerprint density at radius 1 is 1.19 bits per heavy atom. The zero-order valence-corrected chi connectivity index (χ0v) is 14.5. The molecule has 5 rings (SSSR count). The molecule has 3 atom stereocenters. The van der Waals surface area contributed by atoms with Gasteiger partial charge in [0, 0.05) is 16.6 Å². The van der Waals surface area contributed by atoms with Crippen molar-refractivity contribution in [3.05, 3.63) is 65.4 Å². The first-order valence-electron chi connectivity index (χ1n) is 9.00. The fraction of sp³-hybridized carbons (Fsp3) is 0.286. The van der Waals surface area contributed by atoms with E-state index in [-0.39, 0.29) is 23.7 Å². The lowest BCUT2D eigenvalue weighted by Gasteiger charge is -2.49. The van der Waals surface area contributed by atoms with E-state index < -0.39 is 5.54 Å². The Hall–Kier alpha value is -2.79. The number of aromatic hydroxyl groups is 1. The van der Waals surface area contributed by atoms with Gasteiger partial charge in [-0.1, -0.05) is 30.3 Å². The van der Waals surface area contributed by atoms with Gasteiger partial charge in [-0.05, 0) is 49.1 Å². The van der Waals surface area contributed by atoms with Gasteiger partial charge >= 0.3 is 0 Å². The van der Waals surface area contributed by atoms with Crippen LogP contribution in [-0.2, 0) is 23.2 Å². The van der Waals surface area contributed by atoms with Crippen molar-refractivity contribution in [2.45, 2.75) is 37.4 Å². The number of fused-ring (bicyclic) bond motifs is 6. The second-order valence-corrected chi connectivity index (χ2v) is 7.56. The maximum atomic E-state index is 12.6. The molecule has 0 aliphatic carbocycles. The number of H-pyrrole nitrogens is 1. The molecule has 3 aromatic rings. The van der Waals surface area contributed by atoms with Crippen LogP contribution in [0.25, 0.3) is 10.9 Å². The van der Waals surface area contributed by atoms with Crippen LogP contribution >= 0.6 is 0 Å². The number of nitrogens with one attached hydrogen (secondary N) is 3. The van der Waals surface area contributed by atoms with E-state index in [0.717, 1.165) is 28.6 Å². The van der Waals surface area contributed by atoms with Gasteiger partial charge in [0.25, 0.3) is 0 Å². The van der Waals surface area contributed by atoms with Crippen molar-refractivity contribution >= 4 is 16.8 Å². The molecule has 26 heavy (non-hydrogen) atoms. The summed E-state index contributed by atoms with van der Waals surface area (Å²) < 4.78 is 0. The quantitative estimate of drug-likeness (QED) is 0.575. The number of phenolic OH excluding ortho intramolecular Hbond substituents is 1. The first-order chi connectivity index (χ1) is 12.5. The minimum absolute atomic E-state index is 0.0450. The molecule has 0 spiro atoms. The van der Waals surface area contributed by atoms with Crippen molar-refractivity contribution in [3.63, 3.8) is 0 Å². The van der Waals surface area contributed by atoms with Gasteiger partial charge in [-0.3, -0.25) is 10.1 Å². The fourth-order valence-electron chi connectivity index (χ4n) is 4.53. The fourth-order valence-corrected chi connectivity index (χ4v) is 4.53. The van der Waals surface area contributed by atoms with Crippen LogP contribution in [-0.4, -0.2) is 28.1 Å². The highest BCUT2D eigenvalue weighted by molar-refractivity contribution is 5.90. The third kappa shape index (κ3) is 2.17. The SMILES string of the molecule is C[C@]12N[C@H](Cc3c1[nH]c1ccc(O)cc31)C(=O)NC2Cc1ccccc1. The molecule has 2 aliphatic heterocycles. The zero-order chi connectivity index (χ0) is 17.9. The van der Waals surface area contributed by atoms with Crippen LogP contribution in [0.5, 0.6) is 5.75 Å². The number of carbonyl (C=O) groups excluding carboxylic acids is 1. The number of piperazine rings is 1. The molecule has 1 saturated heterocycles. The molecule has 0 radical (unpaired) electrons. The van der Waals surface area contributed by atoms with Crippen LogP contribution in [0.1, 0.15) is 23.7 Å². The Kier molecular flexibility index (Phi) is 3.18. The number of aromatic nitrogens is 1. The van der Waals surface area contributed by atoms with Crippen LogP contribution in [0.15, 0.2) is 48.5 Å². The van der Waals surface area contributed by atoms with Crippen molar-refractivity contribution in [2.24, 2.45) is 0 Å². The molecular formula is C21H21N3O2. The van der Waals surface area contributed by atoms with Crippen molar-refractivity contribution in [2.75, 3.05) is 0 Å². The van der Waals surface area contributed by atoms with Crippen LogP contribution < -0.4 is 10.6 Å². The number of hydrogen-bond donors (Lipinski definition) is 4. The average Bonchev–Trinajstić information content (AvgIpc) is 3.00. The molecule has 2 aromatic carbocycles. The van der Waals surface area contributed by atoms with Gasteiger partial charge in [0.15, 0.2) is 0 Å². The van der Waals surface area contributed by atoms with Crippen molar-refractivity contribution in [3.8, 4) is 5.75 Å². The van der Waals surface area contributed by atoms with E-state index in [1.165, 1.54) is 5.56 Å². The molecule has 2 aliphatic rings. The summed E-state index contributed by atoms with van der Waals surface area (Å²) in [5.74, 6) is 0.294. The summed E-state index contributed by atoms with van der Waals surface area (Å²) in [7, 11) is 0. The molecule has 3 heterocycles. The molecule has 4 N–H and O–H groups in total. The first kappa shape index (κ1) is 15.5. The van der Waals surface area contributed by atoms with Crippen LogP contribution in [0.3, 0.4) is 0 Å². The smallest absolute Gasteiger partial charge is 0.237 e. The minimum atomic E-state index is -0.392. The molecule has 1 amide bonds. The van der Waals surface area contributed by atoms with E-state index in [2.05, 4.69) is 34.7 Å². The number of amides is 1. The number of benzene rings is 2. The highest BCUT2D eigenvalue weighted by Gasteiger charge is 2.50. The first-order valence-corrected chi connectivity index (χ1v) is 9.00. The largest absolute Gasteiger partial charge is 0.508 e. The summed E-state index contributed by atoms with van der Waals surface area (Å²) >= 11 is 0. The Balaban J connectivity index is 1.65. The van der Waals surface area contributed by atoms with E-state index in [0.29, 0.717) is 6.42 Å². The predicted molar refractivity (Wildman–Crippen MR) is 100 cm³/mol. The van der Waals surface area contributed by atoms with Crippen LogP contribution in [0, 0.1) is 0 Å². The summed E-state index contributed by atoms with van der Waals surface area (Å²) in [6.07, 6.45) is 1.38. The summed E-state index contributed by atoms with van der Waals surface area (Å²) in [6.45, 7) is 2.15. The van der Waals surface area contributed by atoms with Gasteiger partial charge in [0.2, 0.25) is 5.91 Å². The summed E-state index contributed by atoms with van der Waals surface area (Å²) in [5.41, 5.74) is 4.04. The molecule has 2 bridgehead atoms. The molecule has 1 fully saturated rings. The molecule has 5 heteroatoms. The standard InChI is InChI=1S/C21H21N3O2/c1-21-18(9-12-5-3-2-4-6-12)23-20(26)17(24-21)11-15-14-10-13(25)7-8-16(14)22-19(15)21/h2-8,10,17-18,22,24-25H,9,11H2,1H3,(H,23,26)/t17-,18?,21-/m1/s1. The van der Waals surface area contributed by atoms with Crippen LogP contribution in [0.2, 0.25) is 0 Å². The van der Waals surface area contributed by atoms with Gasteiger partial charge in [-0.25, -0.2) is 0 Å².